The number of ether oxygens (including phenoxy) is 1. The molecule has 1 heterocycles. The van der Waals surface area contributed by atoms with E-state index in [0.717, 1.165) is 31.6 Å². The first-order chi connectivity index (χ1) is 7.36. The van der Waals surface area contributed by atoms with Gasteiger partial charge in [0.05, 0.1) is 18.5 Å². The lowest BCUT2D eigenvalue weighted by atomic mass is 10.4. The highest BCUT2D eigenvalue weighted by atomic mass is 16.5. The van der Waals surface area contributed by atoms with Crippen LogP contribution in [0.2, 0.25) is 0 Å². The van der Waals surface area contributed by atoms with E-state index in [4.69, 9.17) is 4.74 Å². The molecule has 0 radical (unpaired) electrons. The van der Waals surface area contributed by atoms with Gasteiger partial charge in [0, 0.05) is 12.7 Å². The second kappa shape index (κ2) is 7.17. The second-order valence-electron chi connectivity index (χ2n) is 3.37. The van der Waals surface area contributed by atoms with Crippen LogP contribution in [0.25, 0.3) is 0 Å². The Morgan fingerprint density at radius 2 is 2.13 bits per heavy atom. The van der Waals surface area contributed by atoms with Gasteiger partial charge in [-0.2, -0.15) is 0 Å². The van der Waals surface area contributed by atoms with Gasteiger partial charge >= 0.3 is 0 Å². The molecular formula is C11H19N3O. The van der Waals surface area contributed by atoms with Crippen LogP contribution in [0.15, 0.2) is 12.4 Å². The molecule has 0 amide bonds. The van der Waals surface area contributed by atoms with E-state index in [-0.39, 0.29) is 0 Å². The predicted molar refractivity (Wildman–Crippen MR) is 59.8 cm³/mol. The summed E-state index contributed by atoms with van der Waals surface area (Å²) in [5, 5.41) is 3.28. The van der Waals surface area contributed by atoms with Gasteiger partial charge in [-0.25, -0.2) is 4.98 Å². The summed E-state index contributed by atoms with van der Waals surface area (Å²) in [6.45, 7) is 6.66. The minimum absolute atomic E-state index is 0.618. The van der Waals surface area contributed by atoms with Crippen molar-refractivity contribution < 1.29 is 4.74 Å². The molecule has 0 spiro atoms. The highest BCUT2D eigenvalue weighted by Crippen LogP contribution is 2.05. The maximum atomic E-state index is 5.40. The fourth-order valence-electron chi connectivity index (χ4n) is 1.14. The van der Waals surface area contributed by atoms with Crippen LogP contribution in [0.1, 0.15) is 32.4 Å². The Kier molecular flexibility index (Phi) is 5.70. The van der Waals surface area contributed by atoms with Gasteiger partial charge in [0.25, 0.3) is 0 Å². The molecule has 4 nitrogen and oxygen atoms in total. The van der Waals surface area contributed by atoms with E-state index in [1.54, 1.807) is 12.4 Å². The van der Waals surface area contributed by atoms with Crippen LogP contribution < -0.4 is 10.1 Å². The summed E-state index contributed by atoms with van der Waals surface area (Å²) in [5.41, 5.74) is 0.928. The van der Waals surface area contributed by atoms with Crippen LogP contribution in [-0.4, -0.2) is 23.1 Å². The van der Waals surface area contributed by atoms with Crippen molar-refractivity contribution in [3.8, 4) is 5.88 Å². The molecule has 0 unspecified atom stereocenters. The summed E-state index contributed by atoms with van der Waals surface area (Å²) in [7, 11) is 0. The molecule has 0 aromatic carbocycles. The molecule has 4 heteroatoms. The molecule has 0 saturated carbocycles. The first kappa shape index (κ1) is 11.9. The second-order valence-corrected chi connectivity index (χ2v) is 3.37. The summed E-state index contributed by atoms with van der Waals surface area (Å²) in [6, 6.07) is 0. The molecule has 15 heavy (non-hydrogen) atoms. The summed E-state index contributed by atoms with van der Waals surface area (Å²) in [6.07, 6.45) is 5.53. The van der Waals surface area contributed by atoms with Crippen molar-refractivity contribution in [2.45, 2.75) is 33.2 Å². The van der Waals surface area contributed by atoms with Crippen molar-refractivity contribution >= 4 is 0 Å². The highest BCUT2D eigenvalue weighted by Gasteiger charge is 1.98. The first-order valence-electron chi connectivity index (χ1n) is 5.51. The number of rotatable bonds is 7. The van der Waals surface area contributed by atoms with Crippen LogP contribution >= 0.6 is 0 Å². The molecule has 0 aliphatic heterocycles. The number of hydrogen-bond donors (Lipinski definition) is 1. The number of nitrogens with zero attached hydrogens (tertiary/aromatic N) is 2. The number of nitrogens with one attached hydrogen (secondary N) is 1. The van der Waals surface area contributed by atoms with E-state index in [2.05, 4.69) is 29.1 Å². The zero-order valence-electron chi connectivity index (χ0n) is 9.49. The summed E-state index contributed by atoms with van der Waals surface area (Å²) in [5.74, 6) is 0.618. The van der Waals surface area contributed by atoms with Crippen LogP contribution in [0.4, 0.5) is 0 Å². The van der Waals surface area contributed by atoms with Crippen LogP contribution in [0, 0.1) is 0 Å². The Morgan fingerprint density at radius 1 is 1.27 bits per heavy atom. The van der Waals surface area contributed by atoms with Gasteiger partial charge in [0.2, 0.25) is 5.88 Å². The average Bonchev–Trinajstić information content (AvgIpc) is 2.27. The lowest BCUT2D eigenvalue weighted by Gasteiger charge is -2.05. The largest absolute Gasteiger partial charge is 0.477 e. The van der Waals surface area contributed by atoms with Gasteiger partial charge in [0.1, 0.15) is 0 Å². The molecule has 84 valence electrons. The number of aromatic nitrogens is 2. The third-order valence-corrected chi connectivity index (χ3v) is 1.85. The number of hydrogen-bond acceptors (Lipinski definition) is 4. The lowest BCUT2D eigenvalue weighted by Crippen LogP contribution is -2.15. The Morgan fingerprint density at radius 3 is 2.87 bits per heavy atom. The van der Waals surface area contributed by atoms with E-state index in [9.17, 15) is 0 Å². The van der Waals surface area contributed by atoms with Crippen molar-refractivity contribution in [2.75, 3.05) is 13.2 Å². The Bertz CT molecular complexity index is 278. The molecule has 0 saturated heterocycles. The minimum atomic E-state index is 0.618. The quantitative estimate of drug-likeness (QED) is 0.695. The lowest BCUT2D eigenvalue weighted by molar-refractivity contribution is 0.302. The van der Waals surface area contributed by atoms with E-state index < -0.39 is 0 Å². The molecule has 1 aromatic heterocycles. The molecule has 1 aromatic rings. The maximum absolute atomic E-state index is 5.40. The fourth-order valence-corrected chi connectivity index (χ4v) is 1.14. The van der Waals surface area contributed by atoms with Crippen molar-refractivity contribution in [2.24, 2.45) is 0 Å². The van der Waals surface area contributed by atoms with E-state index >= 15 is 0 Å². The summed E-state index contributed by atoms with van der Waals surface area (Å²) in [4.78, 5) is 8.42. The topological polar surface area (TPSA) is 47.0 Å². The predicted octanol–water partition coefficient (Wildman–Crippen LogP) is 1.76. The minimum Gasteiger partial charge on any atom is -0.477 e. The van der Waals surface area contributed by atoms with Gasteiger partial charge in [-0.3, -0.25) is 4.98 Å². The molecule has 0 bridgehead atoms. The standard InChI is InChI=1S/C11H19N3O/c1-3-5-12-7-10-8-13-9-11(14-10)15-6-4-2/h8-9,12H,3-7H2,1-2H3. The van der Waals surface area contributed by atoms with E-state index in [1.165, 1.54) is 0 Å². The molecular weight excluding hydrogens is 190 g/mol. The fraction of sp³-hybridized carbons (Fsp3) is 0.636. The van der Waals surface area contributed by atoms with Crippen molar-refractivity contribution in [3.05, 3.63) is 18.1 Å². The molecule has 0 atom stereocenters. The van der Waals surface area contributed by atoms with Gasteiger partial charge in [0.15, 0.2) is 0 Å². The normalized spacial score (nSPS) is 10.3. The molecule has 0 aliphatic carbocycles. The zero-order valence-corrected chi connectivity index (χ0v) is 9.49. The first-order valence-corrected chi connectivity index (χ1v) is 5.51. The molecule has 0 aliphatic rings. The maximum Gasteiger partial charge on any atom is 0.232 e. The SMILES string of the molecule is CCCNCc1cncc(OCCC)n1. The Hall–Kier alpha value is -1.16. The van der Waals surface area contributed by atoms with Crippen LogP contribution in [-0.2, 0) is 6.54 Å². The molecule has 1 N–H and O–H groups in total. The van der Waals surface area contributed by atoms with Gasteiger partial charge in [-0.15, -0.1) is 0 Å². The average molecular weight is 209 g/mol. The van der Waals surface area contributed by atoms with Crippen molar-refractivity contribution in [3.63, 3.8) is 0 Å². The Labute approximate surface area is 91.1 Å². The molecule has 0 fully saturated rings. The van der Waals surface area contributed by atoms with Crippen molar-refractivity contribution in [1.29, 1.82) is 0 Å². The van der Waals surface area contributed by atoms with E-state index in [1.807, 2.05) is 0 Å². The smallest absolute Gasteiger partial charge is 0.232 e. The van der Waals surface area contributed by atoms with Gasteiger partial charge in [-0.1, -0.05) is 13.8 Å². The molecule has 1 rings (SSSR count). The van der Waals surface area contributed by atoms with Crippen LogP contribution in [0.5, 0.6) is 5.88 Å². The Balaban J connectivity index is 2.42. The van der Waals surface area contributed by atoms with Crippen LogP contribution in [0.3, 0.4) is 0 Å². The third-order valence-electron chi connectivity index (χ3n) is 1.85. The van der Waals surface area contributed by atoms with Gasteiger partial charge in [-0.05, 0) is 19.4 Å². The van der Waals surface area contributed by atoms with Gasteiger partial charge < -0.3 is 10.1 Å². The summed E-state index contributed by atoms with van der Waals surface area (Å²) >= 11 is 0. The van der Waals surface area contributed by atoms with Crippen molar-refractivity contribution in [1.82, 2.24) is 15.3 Å². The summed E-state index contributed by atoms with van der Waals surface area (Å²) < 4.78 is 5.40. The third kappa shape index (κ3) is 4.74. The monoisotopic (exact) mass is 209 g/mol. The highest BCUT2D eigenvalue weighted by molar-refractivity contribution is 5.08. The zero-order chi connectivity index (χ0) is 10.9. The van der Waals surface area contributed by atoms with E-state index in [0.29, 0.717) is 12.5 Å².